The van der Waals surface area contributed by atoms with Crippen LogP contribution in [0.4, 0.5) is 5.69 Å². The second-order valence-electron chi connectivity index (χ2n) is 7.05. The number of unbranched alkanes of at least 4 members (excludes halogenated alkanes) is 1. The molecule has 1 heterocycles. The molecule has 152 valence electrons. The van der Waals surface area contributed by atoms with Crippen molar-refractivity contribution in [3.8, 4) is 11.6 Å². The second kappa shape index (κ2) is 8.78. The highest BCUT2D eigenvalue weighted by atomic mass is 16.5. The van der Waals surface area contributed by atoms with E-state index in [-0.39, 0.29) is 12.5 Å². The molecule has 0 aliphatic carbocycles. The fourth-order valence-electron chi connectivity index (χ4n) is 3.51. The number of azo groups is 1. The molecule has 0 unspecified atom stereocenters. The number of para-hydroxylation sites is 1. The van der Waals surface area contributed by atoms with E-state index in [1.165, 1.54) is 0 Å². The number of aromatic nitrogens is 1. The molecular formula is C24H23N3O3. The maximum Gasteiger partial charge on any atom is 0.302 e. The lowest BCUT2D eigenvalue weighted by Gasteiger charge is -2.07. The third-order valence-electron chi connectivity index (χ3n) is 5.02. The molecule has 0 aliphatic heterocycles. The van der Waals surface area contributed by atoms with Gasteiger partial charge in [0.05, 0.1) is 5.52 Å². The first-order valence-electron chi connectivity index (χ1n) is 10.0. The zero-order chi connectivity index (χ0) is 20.9. The Morgan fingerprint density at radius 3 is 2.57 bits per heavy atom. The molecule has 30 heavy (non-hydrogen) atoms. The van der Waals surface area contributed by atoms with Gasteiger partial charge in [0.15, 0.2) is 12.3 Å². The van der Waals surface area contributed by atoms with Crippen molar-refractivity contribution in [1.29, 1.82) is 0 Å². The molecule has 1 amide bonds. The number of ether oxygens (including phenoxy) is 1. The summed E-state index contributed by atoms with van der Waals surface area (Å²) in [5, 5.41) is 21.2. The number of amides is 1. The first kappa shape index (κ1) is 19.6. The molecule has 0 aliphatic rings. The van der Waals surface area contributed by atoms with Crippen LogP contribution in [0.1, 0.15) is 19.8 Å². The second-order valence-corrected chi connectivity index (χ2v) is 7.05. The van der Waals surface area contributed by atoms with Gasteiger partial charge in [0, 0.05) is 17.3 Å². The Kier molecular flexibility index (Phi) is 5.75. The molecule has 0 bridgehead atoms. The number of carbonyl (C=O) groups excluding carboxylic acids is 1. The predicted molar refractivity (Wildman–Crippen MR) is 117 cm³/mol. The Balaban J connectivity index is 1.53. The van der Waals surface area contributed by atoms with Crippen molar-refractivity contribution in [2.75, 3.05) is 6.61 Å². The van der Waals surface area contributed by atoms with Gasteiger partial charge in [-0.15, -0.1) is 10.2 Å². The summed E-state index contributed by atoms with van der Waals surface area (Å²) in [6, 6.07) is 21.1. The van der Waals surface area contributed by atoms with Gasteiger partial charge in [-0.3, -0.25) is 4.79 Å². The van der Waals surface area contributed by atoms with E-state index >= 15 is 0 Å². The molecule has 0 saturated heterocycles. The molecule has 1 aromatic heterocycles. The van der Waals surface area contributed by atoms with E-state index in [4.69, 9.17) is 4.74 Å². The Bertz CT molecular complexity index is 1220. The number of rotatable bonds is 7. The topological polar surface area (TPSA) is 76.2 Å². The van der Waals surface area contributed by atoms with Crippen LogP contribution in [0.2, 0.25) is 0 Å². The van der Waals surface area contributed by atoms with Crippen LogP contribution in [0, 0.1) is 0 Å². The largest absolute Gasteiger partial charge is 0.493 e. The first-order valence-corrected chi connectivity index (χ1v) is 10.0. The van der Waals surface area contributed by atoms with E-state index in [1.807, 2.05) is 71.3 Å². The number of aryl methyl sites for hydroxylation is 1. The molecule has 0 saturated carbocycles. The Morgan fingerprint density at radius 2 is 1.73 bits per heavy atom. The van der Waals surface area contributed by atoms with Gasteiger partial charge in [-0.1, -0.05) is 67.9 Å². The number of carbonyl (C=O) groups is 1. The number of fused-ring (bicyclic) bond motifs is 2. The summed E-state index contributed by atoms with van der Waals surface area (Å²) >= 11 is 0. The minimum absolute atomic E-state index is 0.0242. The molecule has 0 fully saturated rings. The van der Waals surface area contributed by atoms with Crippen molar-refractivity contribution < 1.29 is 14.6 Å². The van der Waals surface area contributed by atoms with Crippen molar-refractivity contribution >= 4 is 33.3 Å². The fourth-order valence-corrected chi connectivity index (χ4v) is 3.51. The molecule has 4 aromatic rings. The van der Waals surface area contributed by atoms with Gasteiger partial charge < -0.3 is 14.4 Å². The maximum absolute atomic E-state index is 12.3. The molecule has 6 heteroatoms. The van der Waals surface area contributed by atoms with Gasteiger partial charge in [-0.25, -0.2) is 0 Å². The van der Waals surface area contributed by atoms with Crippen molar-refractivity contribution in [2.45, 2.75) is 26.3 Å². The van der Waals surface area contributed by atoms with E-state index in [9.17, 15) is 9.90 Å². The Labute approximate surface area is 174 Å². The molecule has 0 spiro atoms. The fraction of sp³-hybridized carbons (Fsp3) is 0.208. The third kappa shape index (κ3) is 3.89. The van der Waals surface area contributed by atoms with Crippen LogP contribution in [0.3, 0.4) is 0 Å². The minimum atomic E-state index is -0.521. The van der Waals surface area contributed by atoms with Gasteiger partial charge in [-0.05, 0) is 23.9 Å². The average molecular weight is 401 g/mol. The van der Waals surface area contributed by atoms with Crippen LogP contribution in [-0.2, 0) is 11.3 Å². The van der Waals surface area contributed by atoms with E-state index in [0.29, 0.717) is 18.0 Å². The summed E-state index contributed by atoms with van der Waals surface area (Å²) in [5.74, 6) is 0.125. The van der Waals surface area contributed by atoms with Crippen LogP contribution >= 0.6 is 0 Å². The smallest absolute Gasteiger partial charge is 0.302 e. The molecule has 4 rings (SSSR count). The number of hydrogen-bond donors (Lipinski definition) is 1. The standard InChI is InChI=1S/C24H23N3O3/c1-2-3-15-27-20-13-7-6-12-19(20)23(24(27)29)26-25-22(28)16-30-21-14-8-10-17-9-4-5-11-18(17)21/h4-14,29H,2-3,15-16H2,1H3. The molecule has 3 aromatic carbocycles. The summed E-state index contributed by atoms with van der Waals surface area (Å²) in [6.07, 6.45) is 1.94. The van der Waals surface area contributed by atoms with Gasteiger partial charge in [0.1, 0.15) is 5.75 Å². The SMILES string of the molecule is CCCCn1c(O)c(N=NC(=O)COc2cccc3ccccc23)c2ccccc21. The highest BCUT2D eigenvalue weighted by Gasteiger charge is 2.16. The summed E-state index contributed by atoms with van der Waals surface area (Å²) in [5.41, 5.74) is 1.18. The average Bonchev–Trinajstić information content (AvgIpc) is 3.05. The van der Waals surface area contributed by atoms with Crippen LogP contribution in [0.5, 0.6) is 11.6 Å². The number of benzene rings is 3. The Morgan fingerprint density at radius 1 is 1.00 bits per heavy atom. The normalized spacial score (nSPS) is 11.5. The lowest BCUT2D eigenvalue weighted by atomic mass is 10.1. The van der Waals surface area contributed by atoms with Crippen LogP contribution < -0.4 is 4.74 Å². The highest BCUT2D eigenvalue weighted by molar-refractivity contribution is 5.95. The summed E-state index contributed by atoms with van der Waals surface area (Å²) in [7, 11) is 0. The van der Waals surface area contributed by atoms with E-state index in [1.54, 1.807) is 0 Å². The monoisotopic (exact) mass is 401 g/mol. The molecule has 0 atom stereocenters. The third-order valence-corrected chi connectivity index (χ3v) is 5.02. The van der Waals surface area contributed by atoms with Gasteiger partial charge in [0.25, 0.3) is 0 Å². The maximum atomic E-state index is 12.3. The zero-order valence-electron chi connectivity index (χ0n) is 16.8. The number of nitrogens with zero attached hydrogens (tertiary/aromatic N) is 3. The summed E-state index contributed by atoms with van der Waals surface area (Å²) in [4.78, 5) is 12.3. The van der Waals surface area contributed by atoms with Crippen molar-refractivity contribution in [3.63, 3.8) is 0 Å². The highest BCUT2D eigenvalue weighted by Crippen LogP contribution is 2.39. The van der Waals surface area contributed by atoms with Crippen molar-refractivity contribution in [3.05, 3.63) is 66.7 Å². The van der Waals surface area contributed by atoms with Crippen LogP contribution in [0.15, 0.2) is 77.0 Å². The van der Waals surface area contributed by atoms with E-state index in [0.717, 1.165) is 34.5 Å². The Hall–Kier alpha value is -3.67. The van der Waals surface area contributed by atoms with Crippen molar-refractivity contribution in [2.24, 2.45) is 10.2 Å². The summed E-state index contributed by atoms with van der Waals surface area (Å²) in [6.45, 7) is 2.54. The quantitative estimate of drug-likeness (QED) is 0.386. The minimum Gasteiger partial charge on any atom is -0.493 e. The van der Waals surface area contributed by atoms with Gasteiger partial charge in [0.2, 0.25) is 5.88 Å². The lowest BCUT2D eigenvalue weighted by molar-refractivity contribution is -0.120. The van der Waals surface area contributed by atoms with E-state index < -0.39 is 5.91 Å². The van der Waals surface area contributed by atoms with Crippen LogP contribution in [-0.4, -0.2) is 22.2 Å². The van der Waals surface area contributed by atoms with Gasteiger partial charge in [-0.2, -0.15) is 0 Å². The summed E-state index contributed by atoms with van der Waals surface area (Å²) < 4.78 is 7.48. The molecule has 6 nitrogen and oxygen atoms in total. The molecule has 0 radical (unpaired) electrons. The lowest BCUT2D eigenvalue weighted by Crippen LogP contribution is -2.08. The first-order chi connectivity index (χ1) is 14.7. The van der Waals surface area contributed by atoms with Gasteiger partial charge >= 0.3 is 5.91 Å². The number of aromatic hydroxyl groups is 1. The zero-order valence-corrected chi connectivity index (χ0v) is 16.8. The number of hydrogen-bond acceptors (Lipinski definition) is 4. The van der Waals surface area contributed by atoms with E-state index in [2.05, 4.69) is 17.2 Å². The predicted octanol–water partition coefficient (Wildman–Crippen LogP) is 5.99. The van der Waals surface area contributed by atoms with Crippen molar-refractivity contribution in [1.82, 2.24) is 4.57 Å². The van der Waals surface area contributed by atoms with Crippen LogP contribution in [0.25, 0.3) is 21.7 Å². The molecule has 1 N–H and O–H groups in total. The molecular weight excluding hydrogens is 378 g/mol.